The highest BCUT2D eigenvalue weighted by Crippen LogP contribution is 2.29. The van der Waals surface area contributed by atoms with Gasteiger partial charge < -0.3 is 5.32 Å². The molecule has 6 heteroatoms. The van der Waals surface area contributed by atoms with Gasteiger partial charge in [0.2, 0.25) is 0 Å². The molecule has 2 heterocycles. The number of pyridine rings is 1. The molecule has 2 aromatic carbocycles. The smallest absolute Gasteiger partial charge is 0.252 e. The average molecular weight is 405 g/mol. The Morgan fingerprint density at radius 1 is 1.10 bits per heavy atom. The second kappa shape index (κ2) is 7.68. The molecule has 0 bridgehead atoms. The number of fused-ring (bicyclic) bond motifs is 1. The van der Waals surface area contributed by atoms with Gasteiger partial charge in [0.05, 0.1) is 22.8 Å². The summed E-state index contributed by atoms with van der Waals surface area (Å²) in [7, 11) is 1.83. The van der Waals surface area contributed by atoms with E-state index in [4.69, 9.17) is 16.6 Å². The first-order valence-corrected chi connectivity index (χ1v) is 9.74. The van der Waals surface area contributed by atoms with Crippen LogP contribution in [0.1, 0.15) is 27.0 Å². The number of carbonyl (C=O) groups is 1. The number of hydrogen-bond acceptors (Lipinski definition) is 3. The highest BCUT2D eigenvalue weighted by atomic mass is 35.5. The van der Waals surface area contributed by atoms with Crippen LogP contribution >= 0.6 is 11.6 Å². The molecule has 0 saturated heterocycles. The number of hydrogen-bond donors (Lipinski definition) is 1. The molecule has 146 valence electrons. The number of carbonyl (C=O) groups excluding carboxylic acids is 1. The summed E-state index contributed by atoms with van der Waals surface area (Å²) in [4.78, 5) is 17.9. The topological polar surface area (TPSA) is 59.8 Å². The van der Waals surface area contributed by atoms with Gasteiger partial charge in [-0.2, -0.15) is 5.10 Å². The van der Waals surface area contributed by atoms with Crippen molar-refractivity contribution in [3.8, 4) is 11.3 Å². The summed E-state index contributed by atoms with van der Waals surface area (Å²) in [6.07, 6.45) is 1.69. The van der Waals surface area contributed by atoms with Crippen LogP contribution in [-0.4, -0.2) is 20.7 Å². The third-order valence-corrected chi connectivity index (χ3v) is 5.26. The Hall–Kier alpha value is -3.18. The second-order valence-electron chi connectivity index (χ2n) is 7.14. The monoisotopic (exact) mass is 404 g/mol. The summed E-state index contributed by atoms with van der Waals surface area (Å²) in [5.74, 6) is -0.169. The fourth-order valence-electron chi connectivity index (χ4n) is 3.57. The van der Waals surface area contributed by atoms with Crippen molar-refractivity contribution in [2.45, 2.75) is 20.4 Å². The minimum atomic E-state index is -0.169. The van der Waals surface area contributed by atoms with Crippen molar-refractivity contribution in [3.05, 3.63) is 82.0 Å². The lowest BCUT2D eigenvalue weighted by molar-refractivity contribution is 0.0952. The van der Waals surface area contributed by atoms with E-state index in [1.165, 1.54) is 0 Å². The van der Waals surface area contributed by atoms with E-state index in [1.54, 1.807) is 10.9 Å². The van der Waals surface area contributed by atoms with Crippen LogP contribution < -0.4 is 5.32 Å². The average Bonchev–Trinajstić information content (AvgIpc) is 3.06. The molecule has 0 fully saturated rings. The Bertz CT molecular complexity index is 1210. The fraction of sp³-hybridized carbons (Fsp3) is 0.174. The normalized spacial score (nSPS) is 11.0. The summed E-state index contributed by atoms with van der Waals surface area (Å²) < 4.78 is 1.69. The molecule has 0 aliphatic carbocycles. The molecule has 4 rings (SSSR count). The van der Waals surface area contributed by atoms with E-state index in [0.717, 1.165) is 33.3 Å². The molecule has 0 saturated carbocycles. The number of rotatable bonds is 4. The van der Waals surface area contributed by atoms with Crippen LogP contribution in [0.25, 0.3) is 22.3 Å². The molecule has 5 nitrogen and oxygen atoms in total. The Morgan fingerprint density at radius 2 is 1.83 bits per heavy atom. The fourth-order valence-corrected chi connectivity index (χ4v) is 3.79. The van der Waals surface area contributed by atoms with E-state index in [0.29, 0.717) is 22.8 Å². The lowest BCUT2D eigenvalue weighted by Gasteiger charge is -2.12. The van der Waals surface area contributed by atoms with Gasteiger partial charge in [-0.15, -0.1) is 0 Å². The zero-order valence-electron chi connectivity index (χ0n) is 16.5. The van der Waals surface area contributed by atoms with Gasteiger partial charge in [-0.1, -0.05) is 41.9 Å². The van der Waals surface area contributed by atoms with Crippen LogP contribution in [0.4, 0.5) is 0 Å². The minimum Gasteiger partial charge on any atom is -0.348 e. The maximum absolute atomic E-state index is 13.1. The number of aryl methyl sites for hydroxylation is 3. The molecule has 0 aliphatic heterocycles. The molecule has 29 heavy (non-hydrogen) atoms. The zero-order valence-corrected chi connectivity index (χ0v) is 17.3. The minimum absolute atomic E-state index is 0.169. The molecular formula is C23H21ClN4O. The van der Waals surface area contributed by atoms with Gasteiger partial charge in [-0.05, 0) is 48.7 Å². The van der Waals surface area contributed by atoms with Crippen molar-refractivity contribution in [1.82, 2.24) is 20.1 Å². The van der Waals surface area contributed by atoms with Crippen LogP contribution in [0.3, 0.4) is 0 Å². The van der Waals surface area contributed by atoms with Crippen molar-refractivity contribution < 1.29 is 4.79 Å². The molecule has 2 aromatic heterocycles. The maximum atomic E-state index is 13.1. The first-order chi connectivity index (χ1) is 13.9. The predicted molar refractivity (Wildman–Crippen MR) is 116 cm³/mol. The van der Waals surface area contributed by atoms with E-state index < -0.39 is 0 Å². The summed E-state index contributed by atoms with van der Waals surface area (Å²) in [6.45, 7) is 4.49. The summed E-state index contributed by atoms with van der Waals surface area (Å²) >= 11 is 6.04. The van der Waals surface area contributed by atoms with Gasteiger partial charge >= 0.3 is 0 Å². The molecule has 0 radical (unpaired) electrons. The molecule has 4 aromatic rings. The largest absolute Gasteiger partial charge is 0.348 e. The van der Waals surface area contributed by atoms with Gasteiger partial charge in [-0.25, -0.2) is 4.98 Å². The van der Waals surface area contributed by atoms with Crippen LogP contribution in [0.5, 0.6) is 0 Å². The van der Waals surface area contributed by atoms with Crippen LogP contribution in [-0.2, 0) is 13.6 Å². The van der Waals surface area contributed by atoms with Gasteiger partial charge in [0, 0.05) is 24.2 Å². The lowest BCUT2D eigenvalue weighted by Crippen LogP contribution is -2.23. The molecular weight excluding hydrogens is 384 g/mol. The van der Waals surface area contributed by atoms with E-state index in [9.17, 15) is 4.79 Å². The standard InChI is InChI=1S/C23H21ClN4O/c1-14-6-4-7-15(2)21(14)20-11-18(19-13-26-28(3)22(19)27-20)23(29)25-12-16-8-5-9-17(24)10-16/h4-11,13H,12H2,1-3H3,(H,25,29). The number of aromatic nitrogens is 3. The molecule has 1 N–H and O–H groups in total. The molecule has 0 aliphatic rings. The Kier molecular flexibility index (Phi) is 5.07. The Balaban J connectivity index is 1.76. The SMILES string of the molecule is Cc1cccc(C)c1-c1cc(C(=O)NCc2cccc(Cl)c2)c2cnn(C)c2n1. The van der Waals surface area contributed by atoms with Gasteiger partial charge in [0.25, 0.3) is 5.91 Å². The van der Waals surface area contributed by atoms with Crippen molar-refractivity contribution in [2.24, 2.45) is 7.05 Å². The van der Waals surface area contributed by atoms with Crippen LogP contribution in [0.2, 0.25) is 5.02 Å². The van der Waals surface area contributed by atoms with E-state index in [1.807, 2.05) is 43.4 Å². The molecule has 0 atom stereocenters. The number of benzene rings is 2. The van der Waals surface area contributed by atoms with Crippen LogP contribution in [0.15, 0.2) is 54.7 Å². The van der Waals surface area contributed by atoms with Crippen molar-refractivity contribution >= 4 is 28.5 Å². The first-order valence-electron chi connectivity index (χ1n) is 9.36. The highest BCUT2D eigenvalue weighted by Gasteiger charge is 2.18. The third kappa shape index (κ3) is 3.74. The number of nitrogens with one attached hydrogen (secondary N) is 1. The van der Waals surface area contributed by atoms with E-state index >= 15 is 0 Å². The second-order valence-corrected chi connectivity index (χ2v) is 7.58. The summed E-state index contributed by atoms with van der Waals surface area (Å²) in [5, 5.41) is 8.67. The molecule has 0 spiro atoms. The van der Waals surface area contributed by atoms with Gasteiger partial charge in [-0.3, -0.25) is 9.48 Å². The van der Waals surface area contributed by atoms with Crippen molar-refractivity contribution in [3.63, 3.8) is 0 Å². The van der Waals surface area contributed by atoms with Crippen molar-refractivity contribution in [2.75, 3.05) is 0 Å². The summed E-state index contributed by atoms with van der Waals surface area (Å²) in [6, 6.07) is 15.4. The van der Waals surface area contributed by atoms with Gasteiger partial charge in [0.15, 0.2) is 5.65 Å². The molecule has 0 unspecified atom stereocenters. The van der Waals surface area contributed by atoms with Crippen molar-refractivity contribution in [1.29, 1.82) is 0 Å². The Labute approximate surface area is 174 Å². The third-order valence-electron chi connectivity index (χ3n) is 5.03. The number of halogens is 1. The highest BCUT2D eigenvalue weighted by molar-refractivity contribution is 6.30. The lowest BCUT2D eigenvalue weighted by atomic mass is 9.98. The molecule has 1 amide bonds. The number of amides is 1. The quantitative estimate of drug-likeness (QED) is 0.529. The number of nitrogens with zero attached hydrogens (tertiary/aromatic N) is 3. The summed E-state index contributed by atoms with van der Waals surface area (Å²) in [5.41, 5.74) is 6.22. The van der Waals surface area contributed by atoms with E-state index in [2.05, 4.69) is 36.4 Å². The Morgan fingerprint density at radius 3 is 2.55 bits per heavy atom. The first kappa shape index (κ1) is 19.2. The zero-order chi connectivity index (χ0) is 20.5. The maximum Gasteiger partial charge on any atom is 0.252 e. The van der Waals surface area contributed by atoms with E-state index in [-0.39, 0.29) is 5.91 Å². The predicted octanol–water partition coefficient (Wildman–Crippen LogP) is 4.84. The van der Waals surface area contributed by atoms with Crippen LogP contribution in [0, 0.1) is 13.8 Å². The van der Waals surface area contributed by atoms with Gasteiger partial charge in [0.1, 0.15) is 0 Å².